The monoisotopic (exact) mass is 391 g/mol. The number of nitrogens with zero attached hydrogens (tertiary/aromatic N) is 4. The molecule has 0 bridgehead atoms. The molecule has 1 aliphatic heterocycles. The van der Waals surface area contributed by atoms with E-state index in [0.717, 1.165) is 42.9 Å². The van der Waals surface area contributed by atoms with Crippen molar-refractivity contribution in [3.63, 3.8) is 0 Å². The van der Waals surface area contributed by atoms with Gasteiger partial charge in [0.25, 0.3) is 0 Å². The summed E-state index contributed by atoms with van der Waals surface area (Å²) >= 11 is 0. The molecule has 3 heterocycles. The fourth-order valence-corrected chi connectivity index (χ4v) is 3.74. The summed E-state index contributed by atoms with van der Waals surface area (Å²) in [6.45, 7) is 5.94. The molecular weight excluding hydrogens is 366 g/mol. The smallest absolute Gasteiger partial charge is 0.223 e. The lowest BCUT2D eigenvalue weighted by molar-refractivity contribution is -0.125. The Morgan fingerprint density at radius 1 is 1.21 bits per heavy atom. The topological polar surface area (TPSA) is 84.2 Å². The number of hydrogen-bond acceptors (Lipinski definition) is 6. The molecule has 0 spiro atoms. The van der Waals surface area contributed by atoms with Gasteiger partial charge in [0.1, 0.15) is 5.82 Å². The third-order valence-electron chi connectivity index (χ3n) is 5.27. The maximum absolute atomic E-state index is 12.6. The van der Waals surface area contributed by atoms with Crippen molar-refractivity contribution < 1.29 is 9.32 Å². The molecule has 7 heteroatoms. The van der Waals surface area contributed by atoms with Gasteiger partial charge in [-0.15, -0.1) is 0 Å². The Balaban J connectivity index is 1.37. The summed E-state index contributed by atoms with van der Waals surface area (Å²) in [4.78, 5) is 23.7. The zero-order valence-electron chi connectivity index (χ0n) is 16.8. The van der Waals surface area contributed by atoms with Crippen molar-refractivity contribution in [1.82, 2.24) is 20.4 Å². The van der Waals surface area contributed by atoms with Crippen molar-refractivity contribution in [3.05, 3.63) is 59.6 Å². The van der Waals surface area contributed by atoms with Gasteiger partial charge in [0, 0.05) is 38.7 Å². The lowest BCUT2D eigenvalue weighted by atomic mass is 9.95. The van der Waals surface area contributed by atoms with Gasteiger partial charge in [0.15, 0.2) is 0 Å². The van der Waals surface area contributed by atoms with E-state index in [-0.39, 0.29) is 11.8 Å². The Morgan fingerprint density at radius 3 is 2.76 bits per heavy atom. The number of carbonyl (C=O) groups is 1. The third kappa shape index (κ3) is 4.45. The van der Waals surface area contributed by atoms with Crippen LogP contribution in [0.25, 0.3) is 11.4 Å². The SMILES string of the molecule is Cc1cccc(CNC(=O)C2CCN(c3ncccc3-c3noc(C)n3)CC2)c1. The maximum atomic E-state index is 12.6. The van der Waals surface area contributed by atoms with Crippen molar-refractivity contribution in [2.75, 3.05) is 18.0 Å². The Labute approximate surface area is 170 Å². The van der Waals surface area contributed by atoms with Gasteiger partial charge < -0.3 is 14.7 Å². The molecule has 7 nitrogen and oxygen atoms in total. The Morgan fingerprint density at radius 2 is 2.03 bits per heavy atom. The molecule has 150 valence electrons. The van der Waals surface area contributed by atoms with E-state index in [1.54, 1.807) is 13.1 Å². The summed E-state index contributed by atoms with van der Waals surface area (Å²) in [7, 11) is 0. The molecule has 1 saturated heterocycles. The second-order valence-electron chi connectivity index (χ2n) is 7.48. The minimum Gasteiger partial charge on any atom is -0.356 e. The molecule has 0 unspecified atom stereocenters. The lowest BCUT2D eigenvalue weighted by Gasteiger charge is -2.32. The van der Waals surface area contributed by atoms with Crippen LogP contribution >= 0.6 is 0 Å². The molecule has 1 aliphatic rings. The van der Waals surface area contributed by atoms with Crippen LogP contribution in [0.15, 0.2) is 47.1 Å². The van der Waals surface area contributed by atoms with Gasteiger partial charge in [-0.05, 0) is 37.5 Å². The van der Waals surface area contributed by atoms with E-state index in [2.05, 4.69) is 44.4 Å². The number of benzene rings is 1. The standard InChI is InChI=1S/C22H25N5O2/c1-15-5-3-6-17(13-15)14-24-22(28)18-8-11-27(12-9-18)21-19(7-4-10-23-21)20-25-16(2)29-26-20/h3-7,10,13,18H,8-9,11-12,14H2,1-2H3,(H,24,28). The van der Waals surface area contributed by atoms with Crippen molar-refractivity contribution in [2.45, 2.75) is 33.2 Å². The molecule has 1 N–H and O–H groups in total. The zero-order valence-corrected chi connectivity index (χ0v) is 16.8. The number of hydrogen-bond donors (Lipinski definition) is 1. The summed E-state index contributed by atoms with van der Waals surface area (Å²) in [6, 6.07) is 12.0. The van der Waals surface area contributed by atoms with Crippen molar-refractivity contribution in [1.29, 1.82) is 0 Å². The van der Waals surface area contributed by atoms with E-state index >= 15 is 0 Å². The molecule has 2 aromatic heterocycles. The van der Waals surface area contributed by atoms with Gasteiger partial charge in [-0.2, -0.15) is 4.98 Å². The third-order valence-corrected chi connectivity index (χ3v) is 5.27. The predicted octanol–water partition coefficient (Wildman–Crippen LogP) is 3.28. The summed E-state index contributed by atoms with van der Waals surface area (Å²) in [5, 5.41) is 7.11. The molecule has 29 heavy (non-hydrogen) atoms. The van der Waals surface area contributed by atoms with Gasteiger partial charge >= 0.3 is 0 Å². The number of anilines is 1. The van der Waals surface area contributed by atoms with Crippen LogP contribution in [0.1, 0.15) is 29.9 Å². The first-order chi connectivity index (χ1) is 14.1. The first kappa shape index (κ1) is 19.1. The Kier molecular flexibility index (Phi) is 5.55. The van der Waals surface area contributed by atoms with Crippen LogP contribution in [0.5, 0.6) is 0 Å². The number of aryl methyl sites for hydroxylation is 2. The maximum Gasteiger partial charge on any atom is 0.223 e. The number of pyridine rings is 1. The van der Waals surface area contributed by atoms with Crippen LogP contribution in [-0.2, 0) is 11.3 Å². The van der Waals surface area contributed by atoms with Crippen LogP contribution in [0, 0.1) is 19.8 Å². The summed E-state index contributed by atoms with van der Waals surface area (Å²) in [6.07, 6.45) is 3.36. The average Bonchev–Trinajstić information content (AvgIpc) is 3.18. The van der Waals surface area contributed by atoms with Gasteiger partial charge in [-0.3, -0.25) is 4.79 Å². The van der Waals surface area contributed by atoms with E-state index in [1.807, 2.05) is 24.3 Å². The number of rotatable bonds is 5. The van der Waals surface area contributed by atoms with E-state index in [1.165, 1.54) is 5.56 Å². The van der Waals surface area contributed by atoms with E-state index < -0.39 is 0 Å². The number of piperidine rings is 1. The number of nitrogens with one attached hydrogen (secondary N) is 1. The second-order valence-corrected chi connectivity index (χ2v) is 7.48. The molecule has 0 saturated carbocycles. The van der Waals surface area contributed by atoms with Gasteiger partial charge in [0.2, 0.25) is 17.6 Å². The van der Waals surface area contributed by atoms with Gasteiger partial charge in [-0.25, -0.2) is 4.98 Å². The Hall–Kier alpha value is -3.22. The van der Waals surface area contributed by atoms with Crippen molar-refractivity contribution in [2.24, 2.45) is 5.92 Å². The molecular formula is C22H25N5O2. The highest BCUT2D eigenvalue weighted by molar-refractivity contribution is 5.79. The van der Waals surface area contributed by atoms with Gasteiger partial charge in [-0.1, -0.05) is 35.0 Å². The van der Waals surface area contributed by atoms with E-state index in [4.69, 9.17) is 4.52 Å². The van der Waals surface area contributed by atoms with Crippen LogP contribution in [0.4, 0.5) is 5.82 Å². The summed E-state index contributed by atoms with van der Waals surface area (Å²) in [5.74, 6) is 2.06. The molecule has 1 aromatic carbocycles. The summed E-state index contributed by atoms with van der Waals surface area (Å²) in [5.41, 5.74) is 3.18. The first-order valence-corrected chi connectivity index (χ1v) is 9.94. The first-order valence-electron chi connectivity index (χ1n) is 9.94. The molecule has 0 aliphatic carbocycles. The predicted molar refractivity (Wildman–Crippen MR) is 110 cm³/mol. The second kappa shape index (κ2) is 8.43. The minimum atomic E-state index is 0.0237. The van der Waals surface area contributed by atoms with Crippen LogP contribution < -0.4 is 10.2 Å². The minimum absolute atomic E-state index is 0.0237. The van der Waals surface area contributed by atoms with Crippen LogP contribution in [0.3, 0.4) is 0 Å². The average molecular weight is 391 g/mol. The highest BCUT2D eigenvalue weighted by Gasteiger charge is 2.27. The largest absolute Gasteiger partial charge is 0.356 e. The Bertz CT molecular complexity index is 992. The fraction of sp³-hybridized carbons (Fsp3) is 0.364. The zero-order chi connectivity index (χ0) is 20.2. The van der Waals surface area contributed by atoms with E-state index in [0.29, 0.717) is 18.3 Å². The van der Waals surface area contributed by atoms with Crippen molar-refractivity contribution >= 4 is 11.7 Å². The molecule has 1 amide bonds. The highest BCUT2D eigenvalue weighted by Crippen LogP contribution is 2.30. The van der Waals surface area contributed by atoms with E-state index in [9.17, 15) is 4.79 Å². The molecule has 0 radical (unpaired) electrons. The van der Waals surface area contributed by atoms with Crippen LogP contribution in [0.2, 0.25) is 0 Å². The fourth-order valence-electron chi connectivity index (χ4n) is 3.74. The molecule has 4 rings (SSSR count). The molecule has 3 aromatic rings. The normalized spacial score (nSPS) is 14.8. The van der Waals surface area contributed by atoms with Crippen LogP contribution in [-0.4, -0.2) is 34.1 Å². The number of carbonyl (C=O) groups excluding carboxylic acids is 1. The number of aromatic nitrogens is 3. The van der Waals surface area contributed by atoms with Gasteiger partial charge in [0.05, 0.1) is 5.56 Å². The lowest BCUT2D eigenvalue weighted by Crippen LogP contribution is -2.40. The van der Waals surface area contributed by atoms with Crippen molar-refractivity contribution in [3.8, 4) is 11.4 Å². The summed E-state index contributed by atoms with van der Waals surface area (Å²) < 4.78 is 5.12. The highest BCUT2D eigenvalue weighted by atomic mass is 16.5. The molecule has 0 atom stereocenters. The molecule has 1 fully saturated rings. The quantitative estimate of drug-likeness (QED) is 0.719. The number of amides is 1.